The Hall–Kier alpha value is -1.95. The summed E-state index contributed by atoms with van der Waals surface area (Å²) in [4.78, 5) is 15.7. The summed E-state index contributed by atoms with van der Waals surface area (Å²) in [5.74, 6) is 0.0370. The van der Waals surface area contributed by atoms with Crippen LogP contribution in [0.4, 0.5) is 0 Å². The number of nitrogens with one attached hydrogen (secondary N) is 1. The molecule has 1 atom stereocenters. The zero-order chi connectivity index (χ0) is 16.8. The third-order valence-electron chi connectivity index (χ3n) is 3.71. The van der Waals surface area contributed by atoms with Gasteiger partial charge in [0.2, 0.25) is 5.91 Å². The number of amides is 1. The van der Waals surface area contributed by atoms with Gasteiger partial charge >= 0.3 is 0 Å². The van der Waals surface area contributed by atoms with E-state index in [0.29, 0.717) is 6.54 Å². The first-order chi connectivity index (χ1) is 11.7. The van der Waals surface area contributed by atoms with Crippen molar-refractivity contribution in [1.82, 2.24) is 10.2 Å². The molecule has 1 N–H and O–H groups in total. The summed E-state index contributed by atoms with van der Waals surface area (Å²) in [5.41, 5.74) is 2.35. The summed E-state index contributed by atoms with van der Waals surface area (Å²) in [7, 11) is 1.97. The first kappa shape index (κ1) is 16.9. The Morgan fingerprint density at radius 2 is 1.96 bits per heavy atom. The second-order valence-corrected chi connectivity index (χ2v) is 7.49. The molecule has 3 rings (SSSR count). The molecule has 0 radical (unpaired) electrons. The second kappa shape index (κ2) is 8.24. The number of rotatable bonds is 7. The highest BCUT2D eigenvalue weighted by molar-refractivity contribution is 7.10. The fraction of sp³-hybridized carbons (Fsp3) is 0.211. The smallest absolute Gasteiger partial charge is 0.234 e. The minimum Gasteiger partial charge on any atom is -0.343 e. The molecule has 2 heterocycles. The third kappa shape index (κ3) is 4.54. The molecule has 0 spiro atoms. The van der Waals surface area contributed by atoms with E-state index in [4.69, 9.17) is 0 Å². The van der Waals surface area contributed by atoms with E-state index in [0.717, 1.165) is 17.0 Å². The SMILES string of the molecule is CN(CC(=O)N[C@H](c1ccccc1)c1cccs1)Cc1ccsc1. The van der Waals surface area contributed by atoms with E-state index in [9.17, 15) is 4.79 Å². The highest BCUT2D eigenvalue weighted by Gasteiger charge is 2.18. The van der Waals surface area contributed by atoms with Gasteiger partial charge in [0, 0.05) is 11.4 Å². The number of thiophene rings is 2. The Morgan fingerprint density at radius 3 is 2.62 bits per heavy atom. The lowest BCUT2D eigenvalue weighted by molar-refractivity contribution is -0.122. The molecule has 0 aliphatic carbocycles. The van der Waals surface area contributed by atoms with E-state index in [1.54, 1.807) is 22.7 Å². The lowest BCUT2D eigenvalue weighted by Gasteiger charge is -2.21. The lowest BCUT2D eigenvalue weighted by atomic mass is 10.1. The predicted molar refractivity (Wildman–Crippen MR) is 101 cm³/mol. The fourth-order valence-corrected chi connectivity index (χ4v) is 4.08. The van der Waals surface area contributed by atoms with Crippen molar-refractivity contribution in [2.45, 2.75) is 12.6 Å². The molecular formula is C19H20N2OS2. The van der Waals surface area contributed by atoms with Gasteiger partial charge in [-0.1, -0.05) is 36.4 Å². The maximum atomic E-state index is 12.5. The normalized spacial score (nSPS) is 12.2. The second-order valence-electron chi connectivity index (χ2n) is 5.73. The van der Waals surface area contributed by atoms with Crippen LogP contribution in [0.1, 0.15) is 22.0 Å². The minimum atomic E-state index is -0.0896. The predicted octanol–water partition coefficient (Wildman–Crippen LogP) is 4.15. The van der Waals surface area contributed by atoms with Crippen molar-refractivity contribution >= 4 is 28.6 Å². The Morgan fingerprint density at radius 1 is 1.12 bits per heavy atom. The molecule has 3 aromatic rings. The molecule has 3 nitrogen and oxygen atoms in total. The first-order valence-corrected chi connectivity index (χ1v) is 9.62. The molecule has 1 amide bonds. The molecule has 124 valence electrons. The molecule has 0 saturated heterocycles. The zero-order valence-electron chi connectivity index (χ0n) is 13.5. The van der Waals surface area contributed by atoms with Gasteiger partial charge in [-0.2, -0.15) is 11.3 Å². The van der Waals surface area contributed by atoms with Gasteiger partial charge in [0.25, 0.3) is 0 Å². The first-order valence-electron chi connectivity index (χ1n) is 7.79. The largest absolute Gasteiger partial charge is 0.343 e. The molecule has 0 saturated carbocycles. The average molecular weight is 357 g/mol. The third-order valence-corrected chi connectivity index (χ3v) is 5.38. The van der Waals surface area contributed by atoms with Crippen LogP contribution in [-0.2, 0) is 11.3 Å². The van der Waals surface area contributed by atoms with Gasteiger partial charge in [-0.15, -0.1) is 11.3 Å². The van der Waals surface area contributed by atoms with Gasteiger partial charge in [-0.3, -0.25) is 9.69 Å². The summed E-state index contributed by atoms with van der Waals surface area (Å²) in [6.07, 6.45) is 0. The van der Waals surface area contributed by atoms with Crippen molar-refractivity contribution in [3.63, 3.8) is 0 Å². The van der Waals surface area contributed by atoms with Gasteiger partial charge in [-0.05, 0) is 46.4 Å². The van der Waals surface area contributed by atoms with Crippen LogP contribution in [0.25, 0.3) is 0 Å². The van der Waals surface area contributed by atoms with E-state index in [-0.39, 0.29) is 11.9 Å². The Balaban J connectivity index is 1.65. The van der Waals surface area contributed by atoms with Gasteiger partial charge in [-0.25, -0.2) is 0 Å². The molecular weight excluding hydrogens is 336 g/mol. The number of likely N-dealkylation sites (N-methyl/N-ethyl adjacent to an activating group) is 1. The number of nitrogens with zero attached hydrogens (tertiary/aromatic N) is 1. The van der Waals surface area contributed by atoms with Crippen LogP contribution < -0.4 is 5.32 Å². The van der Waals surface area contributed by atoms with E-state index >= 15 is 0 Å². The number of benzene rings is 1. The molecule has 0 fully saturated rings. The van der Waals surface area contributed by atoms with E-state index in [1.807, 2.05) is 41.6 Å². The molecule has 2 aromatic heterocycles. The van der Waals surface area contributed by atoms with Crippen molar-refractivity contribution in [2.75, 3.05) is 13.6 Å². The van der Waals surface area contributed by atoms with Gasteiger partial charge in [0.15, 0.2) is 0 Å². The van der Waals surface area contributed by atoms with Crippen LogP contribution in [0.3, 0.4) is 0 Å². The van der Waals surface area contributed by atoms with E-state index in [2.05, 4.69) is 40.3 Å². The molecule has 0 bridgehead atoms. The summed E-state index contributed by atoms with van der Waals surface area (Å²) < 4.78 is 0. The Labute approximate surface area is 150 Å². The van der Waals surface area contributed by atoms with Crippen LogP contribution in [-0.4, -0.2) is 24.4 Å². The number of hydrogen-bond donors (Lipinski definition) is 1. The average Bonchev–Trinajstić information content (AvgIpc) is 3.27. The lowest BCUT2D eigenvalue weighted by Crippen LogP contribution is -2.37. The summed E-state index contributed by atoms with van der Waals surface area (Å²) in [6.45, 7) is 1.16. The van der Waals surface area contributed by atoms with Crippen molar-refractivity contribution in [3.8, 4) is 0 Å². The van der Waals surface area contributed by atoms with Crippen LogP contribution in [0, 0.1) is 0 Å². The minimum absolute atomic E-state index is 0.0370. The maximum absolute atomic E-state index is 12.5. The van der Waals surface area contributed by atoms with Gasteiger partial charge in [0.1, 0.15) is 0 Å². The van der Waals surface area contributed by atoms with Crippen molar-refractivity contribution < 1.29 is 4.79 Å². The Bertz CT molecular complexity index is 739. The molecule has 0 unspecified atom stereocenters. The van der Waals surface area contributed by atoms with Crippen molar-refractivity contribution in [1.29, 1.82) is 0 Å². The van der Waals surface area contributed by atoms with Crippen molar-refractivity contribution in [2.24, 2.45) is 0 Å². The standard InChI is InChI=1S/C19H20N2OS2/c1-21(12-15-9-11-23-14-15)13-18(22)20-19(17-8-5-10-24-17)16-6-3-2-4-7-16/h2-11,14,19H,12-13H2,1H3,(H,20,22)/t19-/m1/s1. The van der Waals surface area contributed by atoms with Crippen LogP contribution in [0.5, 0.6) is 0 Å². The van der Waals surface area contributed by atoms with E-state index < -0.39 is 0 Å². The van der Waals surface area contributed by atoms with Crippen molar-refractivity contribution in [3.05, 3.63) is 80.7 Å². The maximum Gasteiger partial charge on any atom is 0.234 e. The van der Waals surface area contributed by atoms with Gasteiger partial charge in [0.05, 0.1) is 12.6 Å². The van der Waals surface area contributed by atoms with Gasteiger partial charge < -0.3 is 5.32 Å². The molecule has 0 aliphatic rings. The summed E-state index contributed by atoms with van der Waals surface area (Å²) in [6, 6.07) is 16.2. The number of hydrogen-bond acceptors (Lipinski definition) is 4. The van der Waals surface area contributed by atoms with Crippen LogP contribution >= 0.6 is 22.7 Å². The highest BCUT2D eigenvalue weighted by Crippen LogP contribution is 2.25. The molecule has 0 aliphatic heterocycles. The summed E-state index contributed by atoms with van der Waals surface area (Å²) >= 11 is 3.34. The number of carbonyl (C=O) groups excluding carboxylic acids is 1. The summed E-state index contributed by atoms with van der Waals surface area (Å²) in [5, 5.41) is 9.40. The topological polar surface area (TPSA) is 32.3 Å². The van der Waals surface area contributed by atoms with E-state index in [1.165, 1.54) is 5.56 Å². The molecule has 24 heavy (non-hydrogen) atoms. The Kier molecular flexibility index (Phi) is 5.80. The van der Waals surface area contributed by atoms with Crippen LogP contribution in [0.15, 0.2) is 64.7 Å². The zero-order valence-corrected chi connectivity index (χ0v) is 15.1. The van der Waals surface area contributed by atoms with Crippen LogP contribution in [0.2, 0.25) is 0 Å². The quantitative estimate of drug-likeness (QED) is 0.690. The molecule has 1 aromatic carbocycles. The monoisotopic (exact) mass is 356 g/mol. The molecule has 5 heteroatoms. The highest BCUT2D eigenvalue weighted by atomic mass is 32.1. The number of carbonyl (C=O) groups is 1. The fourth-order valence-electron chi connectivity index (χ4n) is 2.62.